The minimum Gasteiger partial charge on any atom is -0.478 e. The summed E-state index contributed by atoms with van der Waals surface area (Å²) >= 11 is 5.90. The van der Waals surface area contributed by atoms with Crippen LogP contribution < -0.4 is 10.3 Å². The number of nitrogens with zero attached hydrogens (tertiary/aromatic N) is 2. The van der Waals surface area contributed by atoms with Gasteiger partial charge in [0.1, 0.15) is 11.5 Å². The molecule has 6 nitrogen and oxygen atoms in total. The summed E-state index contributed by atoms with van der Waals surface area (Å²) in [7, 11) is 0. The Hall–Kier alpha value is -2.62. The van der Waals surface area contributed by atoms with Crippen LogP contribution in [-0.4, -0.2) is 29.0 Å². The van der Waals surface area contributed by atoms with Gasteiger partial charge in [0.2, 0.25) is 0 Å². The van der Waals surface area contributed by atoms with E-state index in [0.29, 0.717) is 10.9 Å². The maximum Gasteiger partial charge on any atom is 0.418 e. The van der Waals surface area contributed by atoms with Gasteiger partial charge in [-0.25, -0.2) is 9.18 Å². The Morgan fingerprint density at radius 1 is 1.33 bits per heavy atom. The Labute approximate surface area is 155 Å². The number of ether oxygens (including phenoxy) is 2. The summed E-state index contributed by atoms with van der Waals surface area (Å²) < 4.78 is 62.9. The molecule has 1 aromatic carbocycles. The number of hydrogen-bond acceptors (Lipinski definition) is 5. The monoisotopic (exact) mass is 408 g/mol. The van der Waals surface area contributed by atoms with E-state index in [1.54, 1.807) is 6.92 Å². The second kappa shape index (κ2) is 7.95. The van der Waals surface area contributed by atoms with Gasteiger partial charge in [-0.05, 0) is 19.9 Å². The van der Waals surface area contributed by atoms with E-state index in [-0.39, 0.29) is 23.1 Å². The van der Waals surface area contributed by atoms with Crippen LogP contribution >= 0.6 is 11.6 Å². The van der Waals surface area contributed by atoms with Crippen molar-refractivity contribution in [3.63, 3.8) is 0 Å². The van der Waals surface area contributed by atoms with Crippen LogP contribution in [0, 0.1) is 12.7 Å². The number of carbonyl (C=O) groups excluding carboxylic acids is 1. The summed E-state index contributed by atoms with van der Waals surface area (Å²) in [6.07, 6.45) is -4.34. The van der Waals surface area contributed by atoms with Crippen LogP contribution in [0.5, 0.6) is 5.75 Å². The van der Waals surface area contributed by atoms with E-state index in [9.17, 15) is 27.2 Å². The minimum absolute atomic E-state index is 0.0886. The van der Waals surface area contributed by atoms with Crippen LogP contribution in [0.2, 0.25) is 5.02 Å². The van der Waals surface area contributed by atoms with Crippen molar-refractivity contribution >= 4 is 17.6 Å². The third-order valence-electron chi connectivity index (χ3n) is 3.38. The van der Waals surface area contributed by atoms with Gasteiger partial charge in [-0.3, -0.25) is 4.79 Å². The van der Waals surface area contributed by atoms with Crippen molar-refractivity contribution in [2.24, 2.45) is 0 Å². The molecule has 1 heterocycles. The number of hydrogen-bond donors (Lipinski definition) is 0. The van der Waals surface area contributed by atoms with E-state index in [0.717, 1.165) is 19.1 Å². The van der Waals surface area contributed by atoms with E-state index < -0.39 is 41.3 Å². The zero-order valence-corrected chi connectivity index (χ0v) is 14.8. The topological polar surface area (TPSA) is 70.4 Å². The molecular formula is C16H13ClF4N2O4. The molecule has 2 rings (SSSR count). The third kappa shape index (κ3) is 4.57. The summed E-state index contributed by atoms with van der Waals surface area (Å²) in [6.45, 7) is 2.01. The predicted octanol–water partition coefficient (Wildman–Crippen LogP) is 3.29. The minimum atomic E-state index is -4.78. The van der Waals surface area contributed by atoms with Crippen molar-refractivity contribution in [2.45, 2.75) is 20.0 Å². The predicted molar refractivity (Wildman–Crippen MR) is 86.7 cm³/mol. The van der Waals surface area contributed by atoms with Crippen LogP contribution in [-0.2, 0) is 15.7 Å². The molecule has 0 saturated heterocycles. The van der Waals surface area contributed by atoms with Crippen molar-refractivity contribution in [3.05, 3.63) is 50.7 Å². The number of rotatable bonds is 5. The van der Waals surface area contributed by atoms with Crippen LogP contribution in [0.3, 0.4) is 0 Å². The lowest BCUT2D eigenvalue weighted by atomic mass is 10.2. The maximum absolute atomic E-state index is 13.8. The molecule has 0 aliphatic heterocycles. The summed E-state index contributed by atoms with van der Waals surface area (Å²) in [5.41, 5.74) is -3.37. The SMILES string of the molecule is CCOC(=O)COc1c(Cl)cc(F)cc1-n1ncc(C(F)(F)F)c(C)c1=O. The molecule has 0 radical (unpaired) electrons. The van der Waals surface area contributed by atoms with Crippen LogP contribution in [0.25, 0.3) is 5.69 Å². The van der Waals surface area contributed by atoms with Gasteiger partial charge < -0.3 is 9.47 Å². The molecule has 0 aliphatic rings. The lowest BCUT2D eigenvalue weighted by molar-refractivity contribution is -0.145. The van der Waals surface area contributed by atoms with E-state index in [1.165, 1.54) is 0 Å². The van der Waals surface area contributed by atoms with Gasteiger partial charge in [0.15, 0.2) is 12.4 Å². The van der Waals surface area contributed by atoms with Crippen LogP contribution in [0.15, 0.2) is 23.1 Å². The fourth-order valence-corrected chi connectivity index (χ4v) is 2.43. The number of esters is 1. The van der Waals surface area contributed by atoms with Gasteiger partial charge in [0, 0.05) is 11.6 Å². The molecule has 1 aromatic heterocycles. The van der Waals surface area contributed by atoms with E-state index in [4.69, 9.17) is 16.3 Å². The fourth-order valence-electron chi connectivity index (χ4n) is 2.18. The molecule has 0 atom stereocenters. The van der Waals surface area contributed by atoms with E-state index >= 15 is 0 Å². The molecule has 11 heteroatoms. The first-order valence-corrected chi connectivity index (χ1v) is 7.88. The highest BCUT2D eigenvalue weighted by Crippen LogP contribution is 2.33. The average Bonchev–Trinajstić information content (AvgIpc) is 2.55. The number of carbonyl (C=O) groups is 1. The molecule has 2 aromatic rings. The highest BCUT2D eigenvalue weighted by atomic mass is 35.5. The molecule has 0 spiro atoms. The molecule has 0 aliphatic carbocycles. The largest absolute Gasteiger partial charge is 0.478 e. The first-order valence-electron chi connectivity index (χ1n) is 7.50. The summed E-state index contributed by atoms with van der Waals surface area (Å²) in [4.78, 5) is 23.8. The van der Waals surface area contributed by atoms with Gasteiger partial charge in [-0.15, -0.1) is 0 Å². The standard InChI is InChI=1S/C16H13ClF4N2O4/c1-3-26-13(24)7-27-14-11(17)4-9(18)5-12(14)23-15(25)8(2)10(6-22-23)16(19,20)21/h4-6H,3,7H2,1-2H3. The van der Waals surface area contributed by atoms with Gasteiger partial charge in [-0.2, -0.15) is 23.0 Å². The zero-order valence-electron chi connectivity index (χ0n) is 14.1. The lowest BCUT2D eigenvalue weighted by Gasteiger charge is -2.16. The summed E-state index contributed by atoms with van der Waals surface area (Å²) in [6, 6.07) is 1.65. The average molecular weight is 409 g/mol. The normalized spacial score (nSPS) is 11.4. The van der Waals surface area contributed by atoms with Crippen molar-refractivity contribution in [1.29, 1.82) is 0 Å². The Kier molecular flexibility index (Phi) is 6.09. The smallest absolute Gasteiger partial charge is 0.418 e. The molecule has 27 heavy (non-hydrogen) atoms. The fraction of sp³-hybridized carbons (Fsp3) is 0.312. The Balaban J connectivity index is 2.57. The first kappa shape index (κ1) is 20.7. The highest BCUT2D eigenvalue weighted by molar-refractivity contribution is 6.32. The number of benzene rings is 1. The molecule has 0 unspecified atom stereocenters. The highest BCUT2D eigenvalue weighted by Gasteiger charge is 2.34. The number of aromatic nitrogens is 2. The van der Waals surface area contributed by atoms with Crippen molar-refractivity contribution in [1.82, 2.24) is 9.78 Å². The van der Waals surface area contributed by atoms with Gasteiger partial charge in [0.05, 0.1) is 23.4 Å². The molecule has 0 saturated carbocycles. The number of halogens is 5. The maximum atomic E-state index is 13.8. The molecule has 146 valence electrons. The lowest BCUT2D eigenvalue weighted by Crippen LogP contribution is -2.28. The molecule has 0 N–H and O–H groups in total. The van der Waals surface area contributed by atoms with E-state index in [2.05, 4.69) is 9.84 Å². The third-order valence-corrected chi connectivity index (χ3v) is 3.66. The molecule has 0 fully saturated rings. The second-order valence-corrected chi connectivity index (χ2v) is 5.63. The molecular weight excluding hydrogens is 396 g/mol. The van der Waals surface area contributed by atoms with Gasteiger partial charge in [0.25, 0.3) is 5.56 Å². The van der Waals surface area contributed by atoms with E-state index in [1.807, 2.05) is 0 Å². The number of alkyl halides is 3. The van der Waals surface area contributed by atoms with Crippen LogP contribution in [0.1, 0.15) is 18.1 Å². The van der Waals surface area contributed by atoms with Crippen molar-refractivity contribution in [3.8, 4) is 11.4 Å². The van der Waals surface area contributed by atoms with Gasteiger partial charge >= 0.3 is 12.1 Å². The zero-order chi connectivity index (χ0) is 20.4. The Morgan fingerprint density at radius 3 is 2.59 bits per heavy atom. The second-order valence-electron chi connectivity index (χ2n) is 5.23. The van der Waals surface area contributed by atoms with Gasteiger partial charge in [-0.1, -0.05) is 11.6 Å². The van der Waals surface area contributed by atoms with Crippen LogP contribution in [0.4, 0.5) is 17.6 Å². The Bertz CT molecular complexity index is 928. The first-order chi connectivity index (χ1) is 12.6. The summed E-state index contributed by atoms with van der Waals surface area (Å²) in [5, 5.41) is 3.14. The quantitative estimate of drug-likeness (QED) is 0.561. The van der Waals surface area contributed by atoms with Crippen molar-refractivity contribution < 1.29 is 31.8 Å². The van der Waals surface area contributed by atoms with Crippen molar-refractivity contribution in [2.75, 3.05) is 13.2 Å². The Morgan fingerprint density at radius 2 is 2.00 bits per heavy atom. The summed E-state index contributed by atoms with van der Waals surface area (Å²) in [5.74, 6) is -1.95. The molecule has 0 bridgehead atoms. The molecule has 0 amide bonds.